The monoisotopic (exact) mass is 396 g/mol. The first-order chi connectivity index (χ1) is 14.7. The van der Waals surface area contributed by atoms with Crippen molar-refractivity contribution in [3.05, 3.63) is 96.3 Å². The first-order valence-corrected chi connectivity index (χ1v) is 9.45. The Morgan fingerprint density at radius 1 is 0.667 bits per heavy atom. The summed E-state index contributed by atoms with van der Waals surface area (Å²) in [6.07, 6.45) is 3.41. The summed E-state index contributed by atoms with van der Waals surface area (Å²) in [4.78, 5) is 22.6. The van der Waals surface area contributed by atoms with Crippen LogP contribution in [0.4, 0.5) is 0 Å². The number of rotatable bonds is 6. The van der Waals surface area contributed by atoms with E-state index in [2.05, 4.69) is 9.97 Å². The van der Waals surface area contributed by atoms with E-state index in [1.165, 1.54) is 0 Å². The molecule has 30 heavy (non-hydrogen) atoms. The minimum Gasteiger partial charge on any atom is -0.497 e. The Kier molecular flexibility index (Phi) is 5.52. The number of hydrogen-bond acceptors (Lipinski definition) is 5. The number of nitrogens with zero attached hydrogens (tertiary/aromatic N) is 2. The Balaban J connectivity index is 1.89. The van der Waals surface area contributed by atoms with Gasteiger partial charge in [-0.1, -0.05) is 12.1 Å². The minimum absolute atomic E-state index is 0.124. The molecular formula is C25H20N2O3. The van der Waals surface area contributed by atoms with Gasteiger partial charge in [0.1, 0.15) is 11.5 Å². The van der Waals surface area contributed by atoms with Gasteiger partial charge in [-0.3, -0.25) is 14.8 Å². The van der Waals surface area contributed by atoms with Gasteiger partial charge >= 0.3 is 0 Å². The molecule has 0 bridgehead atoms. The number of pyridine rings is 2. The highest BCUT2D eigenvalue weighted by atomic mass is 16.5. The average molecular weight is 396 g/mol. The topological polar surface area (TPSA) is 61.3 Å². The average Bonchev–Trinajstić information content (AvgIpc) is 2.84. The number of aromatic nitrogens is 2. The van der Waals surface area contributed by atoms with Gasteiger partial charge in [-0.2, -0.15) is 0 Å². The van der Waals surface area contributed by atoms with Gasteiger partial charge in [-0.25, -0.2) is 0 Å². The first kappa shape index (κ1) is 19.3. The van der Waals surface area contributed by atoms with Crippen LogP contribution in [0.5, 0.6) is 11.5 Å². The lowest BCUT2D eigenvalue weighted by Crippen LogP contribution is -2.07. The normalized spacial score (nSPS) is 10.5. The van der Waals surface area contributed by atoms with Crippen molar-refractivity contribution < 1.29 is 14.3 Å². The summed E-state index contributed by atoms with van der Waals surface area (Å²) in [6, 6.07) is 22.0. The van der Waals surface area contributed by atoms with Crippen LogP contribution in [0, 0.1) is 0 Å². The highest BCUT2D eigenvalue weighted by Gasteiger charge is 2.21. The van der Waals surface area contributed by atoms with Gasteiger partial charge in [-0.15, -0.1) is 0 Å². The van der Waals surface area contributed by atoms with E-state index in [1.54, 1.807) is 50.9 Å². The molecule has 0 aliphatic carbocycles. The predicted molar refractivity (Wildman–Crippen MR) is 116 cm³/mol. The van der Waals surface area contributed by atoms with Gasteiger partial charge in [0.2, 0.25) is 0 Å². The van der Waals surface area contributed by atoms with E-state index in [0.29, 0.717) is 45.1 Å². The predicted octanol–water partition coefficient (Wildman–Crippen LogP) is 5.06. The zero-order valence-electron chi connectivity index (χ0n) is 16.7. The smallest absolute Gasteiger partial charge is 0.194 e. The quantitative estimate of drug-likeness (QED) is 0.426. The van der Waals surface area contributed by atoms with Gasteiger partial charge in [0, 0.05) is 34.6 Å². The van der Waals surface area contributed by atoms with Crippen molar-refractivity contribution in [2.75, 3.05) is 14.2 Å². The Bertz CT molecular complexity index is 1080. The van der Waals surface area contributed by atoms with Crippen LogP contribution >= 0.6 is 0 Å². The summed E-state index contributed by atoms with van der Waals surface area (Å²) >= 11 is 0. The third-order valence-corrected chi connectivity index (χ3v) is 4.82. The largest absolute Gasteiger partial charge is 0.497 e. The Labute approximate surface area is 175 Å². The second-order valence-corrected chi connectivity index (χ2v) is 6.58. The van der Waals surface area contributed by atoms with Crippen molar-refractivity contribution in [3.8, 4) is 34.0 Å². The van der Waals surface area contributed by atoms with Crippen molar-refractivity contribution >= 4 is 5.78 Å². The maximum absolute atomic E-state index is 13.7. The summed E-state index contributed by atoms with van der Waals surface area (Å²) in [7, 11) is 3.20. The summed E-state index contributed by atoms with van der Waals surface area (Å²) in [5, 5.41) is 0. The molecule has 148 valence electrons. The van der Waals surface area contributed by atoms with Gasteiger partial charge in [0.15, 0.2) is 5.78 Å². The van der Waals surface area contributed by atoms with Crippen LogP contribution in [-0.4, -0.2) is 30.0 Å². The van der Waals surface area contributed by atoms with E-state index in [1.807, 2.05) is 48.5 Å². The molecule has 0 aliphatic rings. The molecule has 0 fully saturated rings. The zero-order valence-corrected chi connectivity index (χ0v) is 16.7. The SMILES string of the molecule is COc1ccc(C(=O)c2ccc(OC)cc2-c2ccccn2)c(-c2ccccn2)c1. The van der Waals surface area contributed by atoms with Crippen molar-refractivity contribution in [2.45, 2.75) is 0 Å². The molecule has 0 aliphatic heterocycles. The first-order valence-electron chi connectivity index (χ1n) is 9.45. The van der Waals surface area contributed by atoms with Crippen LogP contribution in [0.15, 0.2) is 85.2 Å². The molecule has 0 saturated carbocycles. The van der Waals surface area contributed by atoms with Crippen LogP contribution in [0.3, 0.4) is 0 Å². The third kappa shape index (κ3) is 3.78. The standard InChI is InChI=1S/C25H20N2O3/c1-29-17-9-11-19(21(15-17)23-7-3-5-13-26-23)25(28)20-12-10-18(30-2)16-22(20)24-8-4-6-14-27-24/h3-16H,1-2H3. The maximum atomic E-state index is 13.7. The van der Waals surface area contributed by atoms with Gasteiger partial charge in [-0.05, 0) is 60.7 Å². The van der Waals surface area contributed by atoms with E-state index in [9.17, 15) is 4.79 Å². The second-order valence-electron chi connectivity index (χ2n) is 6.58. The van der Waals surface area contributed by atoms with Crippen LogP contribution in [0.1, 0.15) is 15.9 Å². The molecule has 2 heterocycles. The summed E-state index contributed by atoms with van der Waals surface area (Å²) < 4.78 is 10.7. The Morgan fingerprint density at radius 2 is 1.13 bits per heavy atom. The van der Waals surface area contributed by atoms with E-state index in [-0.39, 0.29) is 5.78 Å². The fraction of sp³-hybridized carbons (Fsp3) is 0.0800. The van der Waals surface area contributed by atoms with Gasteiger partial charge < -0.3 is 9.47 Å². The van der Waals surface area contributed by atoms with Crippen LogP contribution in [-0.2, 0) is 0 Å². The van der Waals surface area contributed by atoms with Crippen LogP contribution < -0.4 is 9.47 Å². The van der Waals surface area contributed by atoms with E-state index < -0.39 is 0 Å². The lowest BCUT2D eigenvalue weighted by molar-refractivity contribution is 0.104. The molecule has 0 N–H and O–H groups in total. The molecule has 5 nitrogen and oxygen atoms in total. The molecule has 0 unspecified atom stereocenters. The molecule has 0 radical (unpaired) electrons. The Morgan fingerprint density at radius 3 is 1.50 bits per heavy atom. The fourth-order valence-electron chi connectivity index (χ4n) is 3.31. The van der Waals surface area contributed by atoms with Crippen molar-refractivity contribution in [2.24, 2.45) is 0 Å². The third-order valence-electron chi connectivity index (χ3n) is 4.82. The summed E-state index contributed by atoms with van der Waals surface area (Å²) in [6.45, 7) is 0. The number of hydrogen-bond donors (Lipinski definition) is 0. The number of methoxy groups -OCH3 is 2. The van der Waals surface area contributed by atoms with Crippen molar-refractivity contribution in [1.82, 2.24) is 9.97 Å². The molecule has 4 rings (SSSR count). The van der Waals surface area contributed by atoms with Crippen LogP contribution in [0.25, 0.3) is 22.5 Å². The number of carbonyl (C=O) groups is 1. The molecular weight excluding hydrogens is 376 g/mol. The van der Waals surface area contributed by atoms with E-state index in [4.69, 9.17) is 9.47 Å². The van der Waals surface area contributed by atoms with Gasteiger partial charge in [0.25, 0.3) is 0 Å². The molecule has 2 aromatic heterocycles. The number of benzene rings is 2. The van der Waals surface area contributed by atoms with Crippen molar-refractivity contribution in [3.63, 3.8) is 0 Å². The number of ketones is 1. The lowest BCUT2D eigenvalue weighted by Gasteiger charge is -2.14. The molecule has 0 amide bonds. The second kappa shape index (κ2) is 8.57. The van der Waals surface area contributed by atoms with Gasteiger partial charge in [0.05, 0.1) is 25.6 Å². The maximum Gasteiger partial charge on any atom is 0.194 e. The molecule has 0 spiro atoms. The highest BCUT2D eigenvalue weighted by molar-refractivity contribution is 6.16. The summed E-state index contributed by atoms with van der Waals surface area (Å²) in [5.74, 6) is 1.19. The van der Waals surface area contributed by atoms with Crippen molar-refractivity contribution in [1.29, 1.82) is 0 Å². The molecule has 0 atom stereocenters. The zero-order chi connectivity index (χ0) is 20.9. The molecule has 2 aromatic carbocycles. The molecule has 0 saturated heterocycles. The summed E-state index contributed by atoms with van der Waals surface area (Å²) in [5.41, 5.74) is 3.90. The lowest BCUT2D eigenvalue weighted by atomic mass is 9.92. The Hall–Kier alpha value is -3.99. The van der Waals surface area contributed by atoms with Crippen LogP contribution in [0.2, 0.25) is 0 Å². The van der Waals surface area contributed by atoms with E-state index >= 15 is 0 Å². The molecule has 4 aromatic rings. The van der Waals surface area contributed by atoms with E-state index in [0.717, 1.165) is 0 Å². The number of ether oxygens (including phenoxy) is 2. The number of carbonyl (C=O) groups excluding carboxylic acids is 1. The highest BCUT2D eigenvalue weighted by Crippen LogP contribution is 2.33. The minimum atomic E-state index is -0.124. The molecule has 5 heteroatoms. The fourth-order valence-corrected chi connectivity index (χ4v) is 3.31.